The Morgan fingerprint density at radius 1 is 1.23 bits per heavy atom. The van der Waals surface area contributed by atoms with Gasteiger partial charge in [-0.25, -0.2) is 9.59 Å². The molecule has 2 N–H and O–H groups in total. The first-order valence-corrected chi connectivity index (χ1v) is 19.2. The van der Waals surface area contributed by atoms with Gasteiger partial charge >= 0.3 is 12.1 Å². The van der Waals surface area contributed by atoms with Crippen molar-refractivity contribution in [3.8, 4) is 5.75 Å². The number of allylic oxidation sites excluding steroid dienone is 3. The van der Waals surface area contributed by atoms with Gasteiger partial charge in [0.05, 0.1) is 25.3 Å². The number of hydrogen-bond donors (Lipinski definition) is 2. The summed E-state index contributed by atoms with van der Waals surface area (Å²) in [6.07, 6.45) is 1.26. The normalized spacial score (nSPS) is 31.3. The zero-order chi connectivity index (χ0) is 39.4. The zero-order valence-corrected chi connectivity index (χ0v) is 33.8. The fourth-order valence-corrected chi connectivity index (χ4v) is 7.85. The van der Waals surface area contributed by atoms with Gasteiger partial charge in [-0.3, -0.25) is 14.9 Å². The van der Waals surface area contributed by atoms with Crippen LogP contribution in [-0.2, 0) is 39.8 Å². The number of rotatable bonds is 9. The van der Waals surface area contributed by atoms with Crippen molar-refractivity contribution >= 4 is 52.9 Å². The summed E-state index contributed by atoms with van der Waals surface area (Å²) in [7, 11) is 6.06. The second kappa shape index (κ2) is 17.4. The molecule has 15 heteroatoms. The molecule has 0 spiro atoms. The summed E-state index contributed by atoms with van der Waals surface area (Å²) in [5, 5.41) is 14.8. The van der Waals surface area contributed by atoms with Crippen molar-refractivity contribution < 1.29 is 48.0 Å². The molecule has 13 nitrogen and oxygen atoms in total. The molecule has 2 fully saturated rings. The van der Waals surface area contributed by atoms with E-state index in [1.165, 1.54) is 24.0 Å². The van der Waals surface area contributed by atoms with Crippen molar-refractivity contribution in [1.29, 1.82) is 0 Å². The maximum atomic E-state index is 14.1. The Morgan fingerprint density at radius 2 is 1.92 bits per heavy atom. The van der Waals surface area contributed by atoms with E-state index >= 15 is 0 Å². The number of esters is 1. The van der Waals surface area contributed by atoms with E-state index in [4.69, 9.17) is 35.3 Å². The van der Waals surface area contributed by atoms with Gasteiger partial charge in [-0.05, 0) is 50.1 Å². The first-order valence-electron chi connectivity index (χ1n) is 17.8. The van der Waals surface area contributed by atoms with E-state index in [0.717, 1.165) is 11.1 Å². The average molecular weight is 780 g/mol. The SMILES string of the molecule is COc1cc2cc(c1Cl)N(C)C(=O)C[C@H](OC(=O)[C@@H](C)N(C)C(=O)CCSC(C)C)[C@]1(C)O[C@H]1[C@H](C)[C@@H]1C[C@@](O)(NC(=O)O1)[C@H](OC)/C=C/C=C(\C)C2. The van der Waals surface area contributed by atoms with E-state index < -0.39 is 65.7 Å². The number of likely N-dealkylation sites (N-methyl/N-ethyl adjacent to an activating group) is 1. The number of halogens is 1. The van der Waals surface area contributed by atoms with Crippen LogP contribution in [0.2, 0.25) is 5.02 Å². The number of carbonyl (C=O) groups excluding carboxylic acids is 4. The maximum absolute atomic E-state index is 14.1. The van der Waals surface area contributed by atoms with E-state index in [9.17, 15) is 24.3 Å². The molecule has 53 heavy (non-hydrogen) atoms. The molecule has 3 amide bonds. The van der Waals surface area contributed by atoms with Crippen LogP contribution < -0.4 is 15.0 Å². The molecule has 294 valence electrons. The third-order valence-electron chi connectivity index (χ3n) is 10.3. The van der Waals surface area contributed by atoms with E-state index in [0.29, 0.717) is 28.9 Å². The van der Waals surface area contributed by atoms with Gasteiger partial charge in [-0.2, -0.15) is 11.8 Å². The molecule has 0 unspecified atom stereocenters. The number of carbonyl (C=O) groups is 4. The molecule has 1 aromatic rings. The standard InChI is InChI=1S/C38H54ClN3O10S/c1-21(2)53-15-14-31(43)41(7)24(5)35(45)51-30-19-32(44)42(8)26-17-25(18-27(48-9)33(26)39)16-22(3)12-11-13-29(49-10)38(47)20-28(50-36(46)40-38)23(4)34-37(30,6)52-34/h11-13,17-18,21,23-24,28-30,34,47H,14-16,19-20H2,1-10H3,(H,40,46)/b13-11+,22-12+/t23-,24-,28+,29-,30+,34+,37+,38+/m1/s1. The first-order chi connectivity index (χ1) is 24.8. The van der Waals surface area contributed by atoms with Crippen molar-refractivity contribution in [2.24, 2.45) is 5.92 Å². The van der Waals surface area contributed by atoms with Gasteiger partial charge in [0.25, 0.3) is 0 Å². The number of anilines is 1. The Bertz CT molecular complexity index is 1610. The highest BCUT2D eigenvalue weighted by Gasteiger charge is 2.64. The number of thioether (sulfide) groups is 1. The zero-order valence-electron chi connectivity index (χ0n) is 32.3. The van der Waals surface area contributed by atoms with Crippen LogP contribution in [0, 0.1) is 5.92 Å². The number of benzene rings is 1. The molecule has 0 aliphatic carbocycles. The molecule has 4 rings (SSSR count). The van der Waals surface area contributed by atoms with Crippen LogP contribution in [0.5, 0.6) is 5.75 Å². The predicted molar refractivity (Wildman–Crippen MR) is 203 cm³/mol. The monoisotopic (exact) mass is 779 g/mol. The maximum Gasteiger partial charge on any atom is 0.409 e. The Balaban J connectivity index is 1.73. The minimum absolute atomic E-state index is 0.0450. The summed E-state index contributed by atoms with van der Waals surface area (Å²) in [5.74, 6) is -0.875. The number of alkyl carbamates (subject to hydrolysis) is 1. The fraction of sp³-hybridized carbons (Fsp3) is 0.632. The van der Waals surface area contributed by atoms with Crippen molar-refractivity contribution in [1.82, 2.24) is 10.2 Å². The third kappa shape index (κ3) is 9.88. The van der Waals surface area contributed by atoms with E-state index in [2.05, 4.69) is 5.32 Å². The number of nitrogens with one attached hydrogen (secondary N) is 1. The third-order valence-corrected chi connectivity index (χ3v) is 11.8. The number of amides is 3. The number of fused-ring (bicyclic) bond motifs is 5. The lowest BCUT2D eigenvalue weighted by Crippen LogP contribution is -2.63. The van der Waals surface area contributed by atoms with Gasteiger partial charge in [0.15, 0.2) is 5.72 Å². The minimum Gasteiger partial charge on any atom is -0.495 e. The van der Waals surface area contributed by atoms with Crippen LogP contribution in [0.4, 0.5) is 10.5 Å². The van der Waals surface area contributed by atoms with Crippen LogP contribution in [0.3, 0.4) is 0 Å². The van der Waals surface area contributed by atoms with Gasteiger partial charge in [0.1, 0.15) is 40.7 Å². The summed E-state index contributed by atoms with van der Waals surface area (Å²) in [6, 6.07) is 2.64. The highest BCUT2D eigenvalue weighted by atomic mass is 35.5. The lowest BCUT2D eigenvalue weighted by atomic mass is 9.83. The summed E-state index contributed by atoms with van der Waals surface area (Å²) in [6.45, 7) is 11.1. The van der Waals surface area contributed by atoms with Gasteiger partial charge in [-0.15, -0.1) is 0 Å². The molecule has 3 aliphatic heterocycles. The smallest absolute Gasteiger partial charge is 0.409 e. The van der Waals surface area contributed by atoms with Crippen LogP contribution in [0.15, 0.2) is 35.9 Å². The summed E-state index contributed by atoms with van der Waals surface area (Å²) in [5.41, 5.74) is -0.883. The Labute approximate surface area is 321 Å². The number of hydrogen-bond acceptors (Lipinski definition) is 11. The quantitative estimate of drug-likeness (QED) is 0.256. The summed E-state index contributed by atoms with van der Waals surface area (Å²) >= 11 is 8.41. The molecule has 4 bridgehead atoms. The van der Waals surface area contributed by atoms with Gasteiger partial charge < -0.3 is 38.6 Å². The molecule has 1 aromatic carbocycles. The topological polar surface area (TPSA) is 156 Å². The Morgan fingerprint density at radius 3 is 2.57 bits per heavy atom. The second-order valence-corrected chi connectivity index (χ2v) is 16.6. The van der Waals surface area contributed by atoms with E-state index in [1.54, 1.807) is 70.9 Å². The van der Waals surface area contributed by atoms with E-state index in [-0.39, 0.29) is 30.2 Å². The molecule has 3 aliphatic rings. The van der Waals surface area contributed by atoms with Gasteiger partial charge in [0, 0.05) is 45.7 Å². The van der Waals surface area contributed by atoms with Crippen LogP contribution in [-0.4, -0.2) is 115 Å². The number of epoxide rings is 1. The Hall–Kier alpha value is -3.30. The minimum atomic E-state index is -1.82. The van der Waals surface area contributed by atoms with Crippen molar-refractivity contribution in [3.63, 3.8) is 0 Å². The van der Waals surface area contributed by atoms with Crippen molar-refractivity contribution in [2.45, 2.75) is 114 Å². The number of methoxy groups -OCH3 is 2. The van der Waals surface area contributed by atoms with Crippen LogP contribution >= 0.6 is 23.4 Å². The first kappa shape index (κ1) is 42.4. The molecule has 0 aromatic heterocycles. The van der Waals surface area contributed by atoms with Crippen molar-refractivity contribution in [2.75, 3.05) is 39.0 Å². The van der Waals surface area contributed by atoms with Crippen LogP contribution in [0.25, 0.3) is 0 Å². The van der Waals surface area contributed by atoms with Gasteiger partial charge in [-0.1, -0.05) is 56.2 Å². The Kier molecular flexibility index (Phi) is 14.0. The highest BCUT2D eigenvalue weighted by molar-refractivity contribution is 7.99. The fourth-order valence-electron chi connectivity index (χ4n) is 6.78. The van der Waals surface area contributed by atoms with E-state index in [1.807, 2.05) is 26.8 Å². The summed E-state index contributed by atoms with van der Waals surface area (Å²) < 4.78 is 29.2. The largest absolute Gasteiger partial charge is 0.495 e. The summed E-state index contributed by atoms with van der Waals surface area (Å²) in [4.78, 5) is 56.4. The molecule has 0 saturated carbocycles. The molecule has 2 saturated heterocycles. The lowest BCUT2D eigenvalue weighted by molar-refractivity contribution is -0.162. The highest BCUT2D eigenvalue weighted by Crippen LogP contribution is 2.49. The molecule has 8 atom stereocenters. The average Bonchev–Trinajstić information content (AvgIpc) is 3.79. The van der Waals surface area contributed by atoms with Gasteiger partial charge in [0.2, 0.25) is 11.8 Å². The number of nitrogens with zero attached hydrogens (tertiary/aromatic N) is 2. The number of aliphatic hydroxyl groups is 1. The molecular weight excluding hydrogens is 726 g/mol. The molecular formula is C38H54ClN3O10S. The van der Waals surface area contributed by atoms with Crippen LogP contribution in [0.1, 0.15) is 66.4 Å². The second-order valence-electron chi connectivity index (χ2n) is 14.6. The molecule has 3 heterocycles. The number of ether oxygens (including phenoxy) is 5. The predicted octanol–water partition coefficient (Wildman–Crippen LogP) is 5.05. The molecule has 0 radical (unpaired) electrons. The lowest BCUT2D eigenvalue weighted by Gasteiger charge is -2.42. The van der Waals surface area contributed by atoms with Crippen molar-refractivity contribution in [3.05, 3.63) is 46.5 Å².